The van der Waals surface area contributed by atoms with Crippen LogP contribution in [0, 0.1) is 13.8 Å². The van der Waals surface area contributed by atoms with Gasteiger partial charge in [-0.1, -0.05) is 18.2 Å². The second-order valence-electron chi connectivity index (χ2n) is 6.33. The fraction of sp³-hybridized carbons (Fsp3) is 0.500. The summed E-state index contributed by atoms with van der Waals surface area (Å²) < 4.78 is 0. The first-order valence-electron chi connectivity index (χ1n) is 9.31. The van der Waals surface area contributed by atoms with Crippen LogP contribution in [-0.2, 0) is 6.54 Å². The molecule has 2 N–H and O–H groups in total. The van der Waals surface area contributed by atoms with Crippen LogP contribution in [0.2, 0.25) is 0 Å². The number of para-hydroxylation sites is 1. The molecule has 0 bridgehead atoms. The number of benzene rings is 1. The van der Waals surface area contributed by atoms with Crippen LogP contribution >= 0.6 is 11.3 Å². The highest BCUT2D eigenvalue weighted by atomic mass is 32.1. The van der Waals surface area contributed by atoms with Crippen LogP contribution in [-0.4, -0.2) is 37.6 Å². The van der Waals surface area contributed by atoms with Gasteiger partial charge in [-0.25, -0.2) is 9.98 Å². The second-order valence-corrected chi connectivity index (χ2v) is 7.62. The minimum Gasteiger partial charge on any atom is -0.375 e. The van der Waals surface area contributed by atoms with Gasteiger partial charge in [-0.3, -0.25) is 0 Å². The molecule has 5 nitrogen and oxygen atoms in total. The summed E-state index contributed by atoms with van der Waals surface area (Å²) in [5.74, 6) is 0.884. The van der Waals surface area contributed by atoms with E-state index >= 15 is 0 Å². The Kier molecular flexibility index (Phi) is 8.41. The van der Waals surface area contributed by atoms with E-state index in [0.29, 0.717) is 6.54 Å². The van der Waals surface area contributed by atoms with Gasteiger partial charge < -0.3 is 15.5 Å². The number of rotatable bonds is 9. The van der Waals surface area contributed by atoms with Crippen molar-refractivity contribution < 1.29 is 0 Å². The predicted molar refractivity (Wildman–Crippen MR) is 113 cm³/mol. The quantitative estimate of drug-likeness (QED) is 0.399. The van der Waals surface area contributed by atoms with E-state index in [0.717, 1.165) is 49.1 Å². The largest absolute Gasteiger partial charge is 0.375 e. The molecule has 6 heteroatoms. The number of guanidine groups is 1. The maximum atomic E-state index is 4.69. The Labute approximate surface area is 161 Å². The van der Waals surface area contributed by atoms with Crippen LogP contribution in [0.25, 0.3) is 0 Å². The minimum atomic E-state index is 0.684. The molecule has 0 aliphatic rings. The number of aliphatic imine (C=N–C) groups is 1. The summed E-state index contributed by atoms with van der Waals surface area (Å²) >= 11 is 1.73. The Hall–Kier alpha value is -2.08. The molecular formula is C20H31N5S. The molecule has 26 heavy (non-hydrogen) atoms. The Morgan fingerprint density at radius 1 is 1.15 bits per heavy atom. The molecule has 2 rings (SSSR count). The van der Waals surface area contributed by atoms with Gasteiger partial charge in [0.2, 0.25) is 0 Å². The number of hydrogen-bond acceptors (Lipinski definition) is 4. The van der Waals surface area contributed by atoms with E-state index in [1.54, 1.807) is 11.3 Å². The first-order valence-corrected chi connectivity index (χ1v) is 10.1. The Balaban J connectivity index is 1.72. The van der Waals surface area contributed by atoms with E-state index < -0.39 is 0 Å². The summed E-state index contributed by atoms with van der Waals surface area (Å²) in [5.41, 5.74) is 2.36. The van der Waals surface area contributed by atoms with Crippen molar-refractivity contribution in [2.24, 2.45) is 4.99 Å². The summed E-state index contributed by atoms with van der Waals surface area (Å²) in [5, 5.41) is 7.86. The third-order valence-electron chi connectivity index (χ3n) is 4.13. The molecule has 0 radical (unpaired) electrons. The van der Waals surface area contributed by atoms with Crippen LogP contribution in [0.15, 0.2) is 35.3 Å². The molecule has 142 valence electrons. The van der Waals surface area contributed by atoms with Gasteiger partial charge >= 0.3 is 0 Å². The summed E-state index contributed by atoms with van der Waals surface area (Å²) in [4.78, 5) is 12.7. The van der Waals surface area contributed by atoms with Gasteiger partial charge in [0, 0.05) is 37.2 Å². The van der Waals surface area contributed by atoms with Crippen molar-refractivity contribution in [2.75, 3.05) is 31.6 Å². The van der Waals surface area contributed by atoms with Gasteiger partial charge in [0.25, 0.3) is 0 Å². The molecule has 1 aromatic carbocycles. The summed E-state index contributed by atoms with van der Waals surface area (Å²) in [6.45, 7) is 9.72. The van der Waals surface area contributed by atoms with E-state index in [-0.39, 0.29) is 0 Å². The predicted octanol–water partition coefficient (Wildman–Crippen LogP) is 3.73. The molecule has 1 heterocycles. The lowest BCUT2D eigenvalue weighted by Crippen LogP contribution is -2.38. The topological polar surface area (TPSA) is 52.6 Å². The number of aryl methyl sites for hydroxylation is 2. The van der Waals surface area contributed by atoms with Gasteiger partial charge in [0.1, 0.15) is 0 Å². The number of anilines is 1. The van der Waals surface area contributed by atoms with Crippen LogP contribution in [0.4, 0.5) is 5.69 Å². The normalized spacial score (nSPS) is 11.5. The van der Waals surface area contributed by atoms with Crippen LogP contribution < -0.4 is 15.5 Å². The fourth-order valence-corrected chi connectivity index (χ4v) is 3.57. The SMILES string of the molecule is CCNC(=NCc1sc(C)nc1C)NCCCCN(C)c1ccccc1. The van der Waals surface area contributed by atoms with Crippen molar-refractivity contribution in [1.29, 1.82) is 0 Å². The molecule has 1 aromatic heterocycles. The number of aromatic nitrogens is 1. The van der Waals surface area contributed by atoms with Crippen molar-refractivity contribution in [3.8, 4) is 0 Å². The lowest BCUT2D eigenvalue weighted by molar-refractivity contribution is 0.687. The van der Waals surface area contributed by atoms with E-state index in [9.17, 15) is 0 Å². The van der Waals surface area contributed by atoms with Gasteiger partial charge in [-0.05, 0) is 45.7 Å². The van der Waals surface area contributed by atoms with Crippen LogP contribution in [0.5, 0.6) is 0 Å². The minimum absolute atomic E-state index is 0.684. The zero-order chi connectivity index (χ0) is 18.8. The molecule has 0 amide bonds. The van der Waals surface area contributed by atoms with Crippen molar-refractivity contribution in [2.45, 2.75) is 40.2 Å². The van der Waals surface area contributed by atoms with Crippen LogP contribution in [0.1, 0.15) is 35.3 Å². The van der Waals surface area contributed by atoms with Gasteiger partial charge in [0.15, 0.2) is 5.96 Å². The van der Waals surface area contributed by atoms with Crippen molar-refractivity contribution in [3.05, 3.63) is 45.9 Å². The molecule has 0 fully saturated rings. The highest BCUT2D eigenvalue weighted by Crippen LogP contribution is 2.17. The molecule has 0 aliphatic heterocycles. The Morgan fingerprint density at radius 2 is 1.92 bits per heavy atom. The molecule has 0 spiro atoms. The highest BCUT2D eigenvalue weighted by Gasteiger charge is 2.05. The average Bonchev–Trinajstić information content (AvgIpc) is 2.97. The van der Waals surface area contributed by atoms with E-state index in [1.807, 2.05) is 6.92 Å². The van der Waals surface area contributed by atoms with Gasteiger partial charge in [-0.2, -0.15) is 0 Å². The first kappa shape index (κ1) is 20.2. The third kappa shape index (κ3) is 6.67. The maximum absolute atomic E-state index is 4.69. The number of nitrogens with one attached hydrogen (secondary N) is 2. The lowest BCUT2D eigenvalue weighted by atomic mass is 10.2. The number of unbranched alkanes of at least 4 members (excludes halogenated alkanes) is 1. The highest BCUT2D eigenvalue weighted by molar-refractivity contribution is 7.11. The smallest absolute Gasteiger partial charge is 0.191 e. The maximum Gasteiger partial charge on any atom is 0.191 e. The Bertz CT molecular complexity index is 681. The molecule has 0 aliphatic carbocycles. The Morgan fingerprint density at radius 3 is 2.58 bits per heavy atom. The molecule has 0 saturated heterocycles. The molecule has 0 atom stereocenters. The third-order valence-corrected chi connectivity index (χ3v) is 5.19. The number of thiazole rings is 1. The van der Waals surface area contributed by atoms with E-state index in [1.165, 1.54) is 10.6 Å². The van der Waals surface area contributed by atoms with Gasteiger partial charge in [-0.15, -0.1) is 11.3 Å². The van der Waals surface area contributed by atoms with Crippen molar-refractivity contribution >= 4 is 23.0 Å². The first-order chi connectivity index (χ1) is 12.6. The fourth-order valence-electron chi connectivity index (χ4n) is 2.71. The monoisotopic (exact) mass is 373 g/mol. The van der Waals surface area contributed by atoms with Gasteiger partial charge in [0.05, 0.1) is 17.2 Å². The van der Waals surface area contributed by atoms with E-state index in [4.69, 9.17) is 4.99 Å². The van der Waals surface area contributed by atoms with E-state index in [2.05, 4.69) is 71.7 Å². The van der Waals surface area contributed by atoms with Crippen molar-refractivity contribution in [3.63, 3.8) is 0 Å². The number of hydrogen-bond donors (Lipinski definition) is 2. The lowest BCUT2D eigenvalue weighted by Gasteiger charge is -2.19. The molecular weight excluding hydrogens is 342 g/mol. The zero-order valence-electron chi connectivity index (χ0n) is 16.4. The van der Waals surface area contributed by atoms with Crippen molar-refractivity contribution in [1.82, 2.24) is 15.6 Å². The average molecular weight is 374 g/mol. The molecule has 0 unspecified atom stereocenters. The molecule has 0 saturated carbocycles. The van der Waals surface area contributed by atoms with Crippen LogP contribution in [0.3, 0.4) is 0 Å². The summed E-state index contributed by atoms with van der Waals surface area (Å²) in [7, 11) is 2.15. The zero-order valence-corrected chi connectivity index (χ0v) is 17.2. The summed E-state index contributed by atoms with van der Waals surface area (Å²) in [6, 6.07) is 10.5. The second kappa shape index (κ2) is 10.8. The number of nitrogens with zero attached hydrogens (tertiary/aromatic N) is 3. The standard InChI is InChI=1S/C20H31N5S/c1-5-21-20(23-15-19-16(2)24-17(3)26-19)22-13-9-10-14-25(4)18-11-7-6-8-12-18/h6-8,11-12H,5,9-10,13-15H2,1-4H3,(H2,21,22,23). The summed E-state index contributed by atoms with van der Waals surface area (Å²) in [6.07, 6.45) is 2.26. The molecule has 2 aromatic rings.